The van der Waals surface area contributed by atoms with Crippen LogP contribution < -0.4 is 11.1 Å². The van der Waals surface area contributed by atoms with Crippen molar-refractivity contribution < 1.29 is 4.79 Å². The lowest BCUT2D eigenvalue weighted by molar-refractivity contribution is -0.115. The fraction of sp³-hybridized carbons (Fsp3) is 0.133. The van der Waals surface area contributed by atoms with Gasteiger partial charge in [0.25, 0.3) is 0 Å². The minimum absolute atomic E-state index is 0.343. The van der Waals surface area contributed by atoms with Crippen molar-refractivity contribution in [1.29, 1.82) is 0 Å². The third-order valence-electron chi connectivity index (χ3n) is 3.67. The van der Waals surface area contributed by atoms with Crippen LogP contribution in [0, 0.1) is 0 Å². The van der Waals surface area contributed by atoms with Crippen LogP contribution in [-0.4, -0.2) is 20.7 Å². The lowest BCUT2D eigenvalue weighted by Gasteiger charge is -2.26. The van der Waals surface area contributed by atoms with Crippen molar-refractivity contribution in [3.8, 4) is 10.7 Å². The molecule has 3 aromatic rings. The predicted octanol–water partition coefficient (Wildman–Crippen LogP) is 2.84. The molecule has 0 aliphatic carbocycles. The summed E-state index contributed by atoms with van der Waals surface area (Å²) in [7, 11) is 0. The van der Waals surface area contributed by atoms with E-state index in [1.54, 1.807) is 27.4 Å². The first-order chi connectivity index (χ1) is 11.1. The molecule has 0 radical (unpaired) electrons. The van der Waals surface area contributed by atoms with Crippen molar-refractivity contribution in [1.82, 2.24) is 14.8 Å². The van der Waals surface area contributed by atoms with E-state index in [0.717, 1.165) is 9.75 Å². The Morgan fingerprint density at radius 3 is 2.74 bits per heavy atom. The van der Waals surface area contributed by atoms with E-state index in [4.69, 9.17) is 5.73 Å². The maximum atomic E-state index is 12.0. The molecule has 0 unspecified atom stereocenters. The lowest BCUT2D eigenvalue weighted by Crippen LogP contribution is -2.31. The number of thiophene rings is 2. The summed E-state index contributed by atoms with van der Waals surface area (Å²) in [5.74, 6) is 0.809. The number of carbonyl (C=O) groups is 1. The largest absolute Gasteiger partial charge is 0.366 e. The highest BCUT2D eigenvalue weighted by Crippen LogP contribution is 2.38. The molecular formula is C15H13N5OS2. The lowest BCUT2D eigenvalue weighted by atomic mass is 10.0. The summed E-state index contributed by atoms with van der Waals surface area (Å²) in [6.45, 7) is 1.84. The van der Waals surface area contributed by atoms with Gasteiger partial charge in [-0.1, -0.05) is 12.1 Å². The number of amides is 1. The van der Waals surface area contributed by atoms with E-state index in [0.29, 0.717) is 23.0 Å². The number of aromatic nitrogens is 3. The Hall–Kier alpha value is -2.45. The second-order valence-electron chi connectivity index (χ2n) is 5.13. The SMILES string of the molecule is CC1=C(C(N)=O)[C@H](c2cccs2)n2nc(-c3cccs3)nc2N1. The van der Waals surface area contributed by atoms with Crippen molar-refractivity contribution in [3.63, 3.8) is 0 Å². The van der Waals surface area contributed by atoms with Crippen LogP contribution in [0.2, 0.25) is 0 Å². The number of anilines is 1. The van der Waals surface area contributed by atoms with Gasteiger partial charge in [0.1, 0.15) is 6.04 Å². The van der Waals surface area contributed by atoms with Crippen LogP contribution in [0.15, 0.2) is 46.3 Å². The zero-order valence-electron chi connectivity index (χ0n) is 12.2. The first-order valence-corrected chi connectivity index (χ1v) is 8.72. The number of hydrogen-bond donors (Lipinski definition) is 2. The van der Waals surface area contributed by atoms with Crippen LogP contribution in [0.5, 0.6) is 0 Å². The number of carbonyl (C=O) groups excluding carboxylic acids is 1. The number of nitrogens with zero attached hydrogens (tertiary/aromatic N) is 3. The van der Waals surface area contributed by atoms with Crippen molar-refractivity contribution in [2.24, 2.45) is 5.73 Å². The van der Waals surface area contributed by atoms with E-state index in [-0.39, 0.29) is 6.04 Å². The Labute approximate surface area is 140 Å². The number of primary amides is 1. The molecule has 3 aromatic heterocycles. The molecule has 0 fully saturated rings. The van der Waals surface area contributed by atoms with Gasteiger partial charge in [0.05, 0.1) is 10.5 Å². The molecule has 23 heavy (non-hydrogen) atoms. The van der Waals surface area contributed by atoms with Crippen molar-refractivity contribution in [2.45, 2.75) is 13.0 Å². The number of rotatable bonds is 3. The second kappa shape index (κ2) is 5.32. The minimum atomic E-state index is -0.452. The molecule has 3 N–H and O–H groups in total. The number of nitrogens with one attached hydrogen (secondary N) is 1. The highest BCUT2D eigenvalue weighted by Gasteiger charge is 2.33. The van der Waals surface area contributed by atoms with Gasteiger partial charge in [0, 0.05) is 10.6 Å². The molecule has 4 rings (SSSR count). The average Bonchev–Trinajstić information content (AvgIpc) is 3.25. The molecule has 0 spiro atoms. The van der Waals surface area contributed by atoms with Gasteiger partial charge >= 0.3 is 0 Å². The highest BCUT2D eigenvalue weighted by molar-refractivity contribution is 7.13. The highest BCUT2D eigenvalue weighted by atomic mass is 32.1. The zero-order valence-corrected chi connectivity index (χ0v) is 13.8. The molecule has 1 atom stereocenters. The summed E-state index contributed by atoms with van der Waals surface area (Å²) in [4.78, 5) is 18.5. The third-order valence-corrected chi connectivity index (χ3v) is 5.46. The Bertz CT molecular complexity index is 893. The molecule has 0 bridgehead atoms. The molecular weight excluding hydrogens is 330 g/mol. The molecule has 0 aromatic carbocycles. The summed E-state index contributed by atoms with van der Waals surface area (Å²) >= 11 is 3.14. The summed E-state index contributed by atoms with van der Waals surface area (Å²) in [5.41, 5.74) is 6.85. The second-order valence-corrected chi connectivity index (χ2v) is 7.05. The Kier molecular flexibility index (Phi) is 3.28. The van der Waals surface area contributed by atoms with Gasteiger partial charge < -0.3 is 11.1 Å². The Morgan fingerprint density at radius 1 is 1.30 bits per heavy atom. The molecule has 1 aliphatic heterocycles. The summed E-state index contributed by atoms with van der Waals surface area (Å²) < 4.78 is 1.74. The topological polar surface area (TPSA) is 85.8 Å². The Balaban J connectivity index is 1.89. The van der Waals surface area contributed by atoms with Gasteiger partial charge in [-0.05, 0) is 29.8 Å². The zero-order chi connectivity index (χ0) is 16.0. The smallest absolute Gasteiger partial charge is 0.248 e. The first kappa shape index (κ1) is 14.2. The number of allylic oxidation sites excluding steroid dienone is 1. The molecule has 1 aliphatic rings. The van der Waals surface area contributed by atoms with Crippen LogP contribution in [0.3, 0.4) is 0 Å². The summed E-state index contributed by atoms with van der Waals surface area (Å²) in [6.07, 6.45) is 0. The maximum absolute atomic E-state index is 12.0. The van der Waals surface area contributed by atoms with Gasteiger partial charge in [0.2, 0.25) is 11.9 Å². The fourth-order valence-corrected chi connectivity index (χ4v) is 4.16. The molecule has 116 valence electrons. The van der Waals surface area contributed by atoms with E-state index in [1.165, 1.54) is 0 Å². The minimum Gasteiger partial charge on any atom is -0.366 e. The maximum Gasteiger partial charge on any atom is 0.248 e. The van der Waals surface area contributed by atoms with Gasteiger partial charge in [-0.3, -0.25) is 4.79 Å². The molecule has 6 nitrogen and oxygen atoms in total. The van der Waals surface area contributed by atoms with E-state index in [9.17, 15) is 4.79 Å². The van der Waals surface area contributed by atoms with E-state index in [1.807, 2.05) is 41.9 Å². The molecule has 0 saturated heterocycles. The quantitative estimate of drug-likeness (QED) is 0.766. The fourth-order valence-electron chi connectivity index (χ4n) is 2.69. The third kappa shape index (κ3) is 2.27. The van der Waals surface area contributed by atoms with Gasteiger partial charge in [-0.2, -0.15) is 4.98 Å². The monoisotopic (exact) mass is 343 g/mol. The average molecular weight is 343 g/mol. The van der Waals surface area contributed by atoms with Crippen molar-refractivity contribution in [2.75, 3.05) is 5.32 Å². The van der Waals surface area contributed by atoms with Crippen molar-refractivity contribution >= 4 is 34.5 Å². The standard InChI is InChI=1S/C15H13N5OS2/c1-8-11(13(16)21)12(9-4-2-6-22-9)20-15(17-8)18-14(19-20)10-5-3-7-23-10/h2-7,12H,1H3,(H2,16,21)(H,17,18,19)/t12-/m0/s1. The van der Waals surface area contributed by atoms with Gasteiger partial charge in [0.15, 0.2) is 5.82 Å². The summed E-state index contributed by atoms with van der Waals surface area (Å²) in [5, 5.41) is 11.7. The number of hydrogen-bond acceptors (Lipinski definition) is 6. The molecule has 4 heterocycles. The number of nitrogens with two attached hydrogens (primary N) is 1. The van der Waals surface area contributed by atoms with Crippen LogP contribution >= 0.6 is 22.7 Å². The summed E-state index contributed by atoms with van der Waals surface area (Å²) in [6, 6.07) is 7.52. The van der Waals surface area contributed by atoms with Crippen LogP contribution in [0.4, 0.5) is 5.95 Å². The van der Waals surface area contributed by atoms with E-state index >= 15 is 0 Å². The molecule has 1 amide bonds. The molecule has 0 saturated carbocycles. The van der Waals surface area contributed by atoms with Crippen LogP contribution in [-0.2, 0) is 4.79 Å². The van der Waals surface area contributed by atoms with Crippen LogP contribution in [0.25, 0.3) is 10.7 Å². The van der Waals surface area contributed by atoms with Gasteiger partial charge in [-0.15, -0.1) is 27.8 Å². The van der Waals surface area contributed by atoms with Crippen LogP contribution in [0.1, 0.15) is 17.8 Å². The first-order valence-electron chi connectivity index (χ1n) is 6.96. The number of fused-ring (bicyclic) bond motifs is 1. The molecule has 8 heteroatoms. The van der Waals surface area contributed by atoms with Gasteiger partial charge in [-0.25, -0.2) is 4.68 Å². The predicted molar refractivity (Wildman–Crippen MR) is 91.3 cm³/mol. The Morgan fingerprint density at radius 2 is 2.09 bits per heavy atom. The normalized spacial score (nSPS) is 17.0. The van der Waals surface area contributed by atoms with E-state index < -0.39 is 5.91 Å². The van der Waals surface area contributed by atoms with Crippen molar-refractivity contribution in [3.05, 3.63) is 51.2 Å². The van der Waals surface area contributed by atoms with E-state index in [2.05, 4.69) is 15.4 Å².